The van der Waals surface area contributed by atoms with Crippen molar-refractivity contribution in [1.82, 2.24) is 9.97 Å². The van der Waals surface area contributed by atoms with Gasteiger partial charge < -0.3 is 5.32 Å². The van der Waals surface area contributed by atoms with Crippen LogP contribution in [0.25, 0.3) is 0 Å². The van der Waals surface area contributed by atoms with Gasteiger partial charge in [-0.3, -0.25) is 0 Å². The average molecular weight is 239 g/mol. The molecule has 0 spiro atoms. The number of hydrogen-bond acceptors (Lipinski definition) is 3. The van der Waals surface area contributed by atoms with Gasteiger partial charge in [0.25, 0.3) is 0 Å². The highest BCUT2D eigenvalue weighted by Crippen LogP contribution is 2.42. The third kappa shape index (κ3) is 2.35. The summed E-state index contributed by atoms with van der Waals surface area (Å²) in [6.45, 7) is 3.93. The van der Waals surface area contributed by atoms with Gasteiger partial charge in [0.05, 0.1) is 0 Å². The Morgan fingerprint density at radius 2 is 1.89 bits per heavy atom. The summed E-state index contributed by atoms with van der Waals surface area (Å²) in [5.74, 6) is 2.40. The van der Waals surface area contributed by atoms with Crippen LogP contribution in [-0.2, 0) is 0 Å². The second-order valence-corrected chi connectivity index (χ2v) is 4.95. The maximum Gasteiger partial charge on any atom is 0.130 e. The molecule has 1 aliphatic rings. The molecule has 1 heterocycles. The van der Waals surface area contributed by atoms with E-state index in [9.17, 15) is 0 Å². The van der Waals surface area contributed by atoms with Gasteiger partial charge in [-0.2, -0.15) is 0 Å². The Hall–Kier alpha value is -1.90. The Morgan fingerprint density at radius 3 is 2.61 bits per heavy atom. The van der Waals surface area contributed by atoms with Crippen molar-refractivity contribution in [1.29, 1.82) is 0 Å². The molecule has 18 heavy (non-hydrogen) atoms. The van der Waals surface area contributed by atoms with Gasteiger partial charge in [-0.25, -0.2) is 9.97 Å². The van der Waals surface area contributed by atoms with Crippen LogP contribution in [0.4, 0.5) is 5.82 Å². The van der Waals surface area contributed by atoms with Crippen LogP contribution < -0.4 is 5.32 Å². The van der Waals surface area contributed by atoms with Crippen LogP contribution in [0.1, 0.15) is 29.4 Å². The summed E-state index contributed by atoms with van der Waals surface area (Å²) in [7, 11) is 0. The maximum atomic E-state index is 4.42. The highest BCUT2D eigenvalue weighted by atomic mass is 15.1. The van der Waals surface area contributed by atoms with E-state index in [4.69, 9.17) is 0 Å². The molecule has 2 unspecified atom stereocenters. The summed E-state index contributed by atoms with van der Waals surface area (Å²) in [6.07, 6.45) is 1.19. The molecule has 0 saturated heterocycles. The van der Waals surface area contributed by atoms with Gasteiger partial charge in [0, 0.05) is 23.7 Å². The zero-order valence-electron chi connectivity index (χ0n) is 10.7. The highest BCUT2D eigenvalue weighted by Gasteiger charge is 2.38. The number of benzene rings is 1. The quantitative estimate of drug-likeness (QED) is 0.894. The molecule has 1 aromatic heterocycles. The number of hydrogen-bond donors (Lipinski definition) is 1. The van der Waals surface area contributed by atoms with Crippen molar-refractivity contribution < 1.29 is 0 Å². The minimum absolute atomic E-state index is 0.515. The van der Waals surface area contributed by atoms with Crippen molar-refractivity contribution in [3.63, 3.8) is 0 Å². The molecule has 1 fully saturated rings. The zero-order valence-corrected chi connectivity index (χ0v) is 10.7. The van der Waals surface area contributed by atoms with Crippen LogP contribution >= 0.6 is 0 Å². The predicted octanol–water partition coefficient (Wildman–Crippen LogP) is 3.06. The van der Waals surface area contributed by atoms with Gasteiger partial charge in [0.2, 0.25) is 0 Å². The van der Waals surface area contributed by atoms with E-state index in [0.717, 1.165) is 17.3 Å². The monoisotopic (exact) mass is 239 g/mol. The minimum Gasteiger partial charge on any atom is -0.367 e. The zero-order chi connectivity index (χ0) is 12.5. The molecule has 0 aliphatic heterocycles. The summed E-state index contributed by atoms with van der Waals surface area (Å²) < 4.78 is 0. The van der Waals surface area contributed by atoms with Gasteiger partial charge in [0.1, 0.15) is 11.6 Å². The number of aromatic nitrogens is 2. The number of aryl methyl sites for hydroxylation is 2. The molecule has 0 radical (unpaired) electrons. The van der Waals surface area contributed by atoms with Crippen molar-refractivity contribution in [3.05, 3.63) is 53.5 Å². The summed E-state index contributed by atoms with van der Waals surface area (Å²) in [6, 6.07) is 13.2. The SMILES string of the molecule is Cc1cc(NC2CC2c2ccccc2)nc(C)n1. The summed E-state index contributed by atoms with van der Waals surface area (Å²) in [5, 5.41) is 3.49. The number of anilines is 1. The normalized spacial score (nSPS) is 21.7. The first-order chi connectivity index (χ1) is 8.72. The lowest BCUT2D eigenvalue weighted by Gasteiger charge is -2.06. The molecule has 3 rings (SSSR count). The molecule has 1 saturated carbocycles. The second kappa shape index (κ2) is 4.41. The molecule has 1 N–H and O–H groups in total. The van der Waals surface area contributed by atoms with Crippen LogP contribution in [0, 0.1) is 13.8 Å². The topological polar surface area (TPSA) is 37.8 Å². The maximum absolute atomic E-state index is 4.42. The Kier molecular flexibility index (Phi) is 2.74. The van der Waals surface area contributed by atoms with Crippen LogP contribution in [0.2, 0.25) is 0 Å². The first-order valence-corrected chi connectivity index (χ1v) is 6.36. The lowest BCUT2D eigenvalue weighted by atomic mass is 10.1. The summed E-state index contributed by atoms with van der Waals surface area (Å²) in [4.78, 5) is 8.71. The van der Waals surface area contributed by atoms with Crippen molar-refractivity contribution in [2.75, 3.05) is 5.32 Å². The van der Waals surface area contributed by atoms with Gasteiger partial charge in [-0.05, 0) is 25.8 Å². The van der Waals surface area contributed by atoms with Crippen LogP contribution in [0.15, 0.2) is 36.4 Å². The van der Waals surface area contributed by atoms with E-state index in [1.54, 1.807) is 0 Å². The Morgan fingerprint density at radius 1 is 1.11 bits per heavy atom. The smallest absolute Gasteiger partial charge is 0.130 e. The van der Waals surface area contributed by atoms with Gasteiger partial charge in [-0.15, -0.1) is 0 Å². The van der Waals surface area contributed by atoms with Crippen molar-refractivity contribution in [3.8, 4) is 0 Å². The van der Waals surface area contributed by atoms with E-state index >= 15 is 0 Å². The van der Waals surface area contributed by atoms with Crippen LogP contribution in [0.5, 0.6) is 0 Å². The second-order valence-electron chi connectivity index (χ2n) is 4.95. The molecule has 0 amide bonds. The molecular formula is C15H17N3. The molecule has 1 aromatic carbocycles. The third-order valence-electron chi connectivity index (χ3n) is 3.32. The summed E-state index contributed by atoms with van der Waals surface area (Å²) >= 11 is 0. The fourth-order valence-corrected chi connectivity index (χ4v) is 2.40. The van der Waals surface area contributed by atoms with E-state index in [0.29, 0.717) is 12.0 Å². The number of nitrogens with zero attached hydrogens (tertiary/aromatic N) is 2. The number of rotatable bonds is 3. The van der Waals surface area contributed by atoms with Crippen molar-refractivity contribution in [2.24, 2.45) is 0 Å². The van der Waals surface area contributed by atoms with Crippen molar-refractivity contribution >= 4 is 5.82 Å². The van der Waals surface area contributed by atoms with Gasteiger partial charge in [-0.1, -0.05) is 30.3 Å². The standard InChI is InChI=1S/C15H17N3/c1-10-8-15(17-11(2)16-10)18-14-9-13(14)12-6-4-3-5-7-12/h3-8,13-14H,9H2,1-2H3,(H,16,17,18). The molecule has 1 aliphatic carbocycles. The molecule has 3 heteroatoms. The first-order valence-electron chi connectivity index (χ1n) is 6.36. The molecule has 0 bridgehead atoms. The number of nitrogens with one attached hydrogen (secondary N) is 1. The molecule has 3 nitrogen and oxygen atoms in total. The van der Waals surface area contributed by atoms with E-state index in [-0.39, 0.29) is 0 Å². The lowest BCUT2D eigenvalue weighted by Crippen LogP contribution is -2.07. The Balaban J connectivity index is 1.69. The van der Waals surface area contributed by atoms with E-state index < -0.39 is 0 Å². The minimum atomic E-state index is 0.515. The first kappa shape index (κ1) is 11.2. The molecule has 2 aromatic rings. The molecule has 92 valence electrons. The van der Waals surface area contributed by atoms with Crippen LogP contribution in [0.3, 0.4) is 0 Å². The fraction of sp³-hybridized carbons (Fsp3) is 0.333. The van der Waals surface area contributed by atoms with E-state index in [2.05, 4.69) is 45.6 Å². The lowest BCUT2D eigenvalue weighted by molar-refractivity contribution is 0.975. The van der Waals surface area contributed by atoms with Crippen LogP contribution in [-0.4, -0.2) is 16.0 Å². The van der Waals surface area contributed by atoms with Crippen molar-refractivity contribution in [2.45, 2.75) is 32.2 Å². The predicted molar refractivity (Wildman–Crippen MR) is 72.7 cm³/mol. The fourth-order valence-electron chi connectivity index (χ4n) is 2.40. The average Bonchev–Trinajstić information content (AvgIpc) is 3.08. The Labute approximate surface area is 107 Å². The molecular weight excluding hydrogens is 222 g/mol. The van der Waals surface area contributed by atoms with Gasteiger partial charge in [0.15, 0.2) is 0 Å². The highest BCUT2D eigenvalue weighted by molar-refractivity contribution is 5.42. The van der Waals surface area contributed by atoms with Gasteiger partial charge >= 0.3 is 0 Å². The van der Waals surface area contributed by atoms with E-state index in [1.807, 2.05) is 19.9 Å². The third-order valence-corrected chi connectivity index (χ3v) is 3.32. The van der Waals surface area contributed by atoms with E-state index in [1.165, 1.54) is 12.0 Å². The Bertz CT molecular complexity index is 531. The summed E-state index contributed by atoms with van der Waals surface area (Å²) in [5.41, 5.74) is 2.43. The largest absolute Gasteiger partial charge is 0.367 e. The molecule has 2 atom stereocenters.